The number of thiazole rings is 1. The molecule has 4 nitrogen and oxygen atoms in total. The first kappa shape index (κ1) is 20.4. The van der Waals surface area contributed by atoms with Crippen molar-refractivity contribution in [3.05, 3.63) is 57.3 Å². The van der Waals surface area contributed by atoms with Gasteiger partial charge in [-0.1, -0.05) is 52.7 Å². The lowest BCUT2D eigenvalue weighted by Crippen LogP contribution is -2.19. The summed E-state index contributed by atoms with van der Waals surface area (Å²) in [5, 5.41) is 1.10. The highest BCUT2D eigenvalue weighted by Gasteiger charge is 2.12. The lowest BCUT2D eigenvalue weighted by molar-refractivity contribution is -0.117. The Bertz CT molecular complexity index is 1000. The Hall–Kier alpha value is -1.31. The third-order valence-electron chi connectivity index (χ3n) is 3.76. The molecule has 0 aliphatic carbocycles. The van der Waals surface area contributed by atoms with E-state index in [-0.39, 0.29) is 5.91 Å². The molecule has 0 bridgehead atoms. The molecule has 0 aliphatic rings. The zero-order valence-electron chi connectivity index (χ0n) is 14.7. The second-order valence-electron chi connectivity index (χ2n) is 5.68. The lowest BCUT2D eigenvalue weighted by Gasteiger charge is -2.06. The summed E-state index contributed by atoms with van der Waals surface area (Å²) in [6, 6.07) is 13.5. The first-order valence-electron chi connectivity index (χ1n) is 8.31. The number of carbonyl (C=O) groups excluding carboxylic acids is 1. The summed E-state index contributed by atoms with van der Waals surface area (Å²) in [7, 11) is 1.64. The van der Waals surface area contributed by atoms with Crippen LogP contribution in [0.4, 0.5) is 0 Å². The highest BCUT2D eigenvalue weighted by Crippen LogP contribution is 2.29. The van der Waals surface area contributed by atoms with Gasteiger partial charge >= 0.3 is 0 Å². The van der Waals surface area contributed by atoms with Crippen LogP contribution in [0.1, 0.15) is 6.42 Å². The molecule has 0 unspecified atom stereocenters. The van der Waals surface area contributed by atoms with Gasteiger partial charge in [0, 0.05) is 35.7 Å². The van der Waals surface area contributed by atoms with E-state index in [4.69, 9.17) is 27.9 Å². The minimum absolute atomic E-state index is 0.154. The predicted octanol–water partition coefficient (Wildman–Crippen LogP) is 5.27. The molecule has 1 aromatic heterocycles. The van der Waals surface area contributed by atoms with Gasteiger partial charge in [0.15, 0.2) is 4.80 Å². The summed E-state index contributed by atoms with van der Waals surface area (Å²) in [5.41, 5.74) is 0.827. The van der Waals surface area contributed by atoms with Crippen LogP contribution in [0.2, 0.25) is 10.0 Å². The number of benzene rings is 2. The van der Waals surface area contributed by atoms with Crippen molar-refractivity contribution >= 4 is 62.4 Å². The van der Waals surface area contributed by atoms with Crippen LogP contribution in [-0.4, -0.2) is 29.9 Å². The number of halogens is 2. The standard InChI is InChI=1S/C19H18Cl2N2O2S2/c1-25-9-8-23-18-15(21)11-13(20)12-16(18)27-19(23)22-17(24)7-10-26-14-5-3-2-4-6-14/h2-6,11-12H,7-10H2,1H3. The maximum absolute atomic E-state index is 12.4. The maximum atomic E-state index is 12.4. The second-order valence-corrected chi connectivity index (χ2v) is 8.70. The molecule has 8 heteroatoms. The molecule has 27 heavy (non-hydrogen) atoms. The van der Waals surface area contributed by atoms with Crippen molar-refractivity contribution in [1.29, 1.82) is 0 Å². The van der Waals surface area contributed by atoms with E-state index < -0.39 is 0 Å². The summed E-state index contributed by atoms with van der Waals surface area (Å²) in [4.78, 5) is 18.5. The number of methoxy groups -OCH3 is 1. The molecule has 3 aromatic rings. The van der Waals surface area contributed by atoms with Crippen LogP contribution in [0.25, 0.3) is 10.2 Å². The van der Waals surface area contributed by atoms with Crippen LogP contribution in [0.3, 0.4) is 0 Å². The molecule has 0 saturated heterocycles. The van der Waals surface area contributed by atoms with Crippen molar-refractivity contribution in [3.8, 4) is 0 Å². The van der Waals surface area contributed by atoms with Gasteiger partial charge in [-0.2, -0.15) is 4.99 Å². The van der Waals surface area contributed by atoms with Crippen LogP contribution >= 0.6 is 46.3 Å². The molecule has 0 N–H and O–H groups in total. The van der Waals surface area contributed by atoms with Gasteiger partial charge in [-0.05, 0) is 24.3 Å². The van der Waals surface area contributed by atoms with Crippen molar-refractivity contribution < 1.29 is 9.53 Å². The van der Waals surface area contributed by atoms with Crippen LogP contribution in [0.15, 0.2) is 52.4 Å². The molecule has 2 aromatic carbocycles. The summed E-state index contributed by atoms with van der Waals surface area (Å²) >= 11 is 15.5. The van der Waals surface area contributed by atoms with Crippen LogP contribution in [0, 0.1) is 0 Å². The first-order chi connectivity index (χ1) is 13.1. The molecule has 0 aliphatic heterocycles. The summed E-state index contributed by atoms with van der Waals surface area (Å²) in [5.74, 6) is 0.528. The molecular formula is C19H18Cl2N2O2S2. The fraction of sp³-hybridized carbons (Fsp3) is 0.263. The Morgan fingerprint density at radius 1 is 1.26 bits per heavy atom. The minimum Gasteiger partial charge on any atom is -0.383 e. The molecule has 1 amide bonds. The molecule has 0 saturated carbocycles. The molecule has 0 fully saturated rings. The second kappa shape index (κ2) is 9.75. The molecule has 0 atom stereocenters. The third-order valence-corrected chi connectivity index (χ3v) is 6.31. The van der Waals surface area contributed by atoms with Gasteiger partial charge in [0.2, 0.25) is 5.91 Å². The number of carbonyl (C=O) groups is 1. The average molecular weight is 441 g/mol. The fourth-order valence-electron chi connectivity index (χ4n) is 2.54. The number of rotatable bonds is 7. The van der Waals surface area contributed by atoms with E-state index in [2.05, 4.69) is 4.99 Å². The minimum atomic E-state index is -0.154. The number of ether oxygens (including phenoxy) is 1. The zero-order valence-corrected chi connectivity index (χ0v) is 17.8. The zero-order chi connectivity index (χ0) is 19.2. The normalized spacial score (nSPS) is 12.0. The number of hydrogen-bond donors (Lipinski definition) is 0. The van der Waals surface area contributed by atoms with E-state index >= 15 is 0 Å². The highest BCUT2D eigenvalue weighted by atomic mass is 35.5. The van der Waals surface area contributed by atoms with Crippen LogP contribution < -0.4 is 4.80 Å². The van der Waals surface area contributed by atoms with E-state index in [1.54, 1.807) is 24.9 Å². The van der Waals surface area contributed by atoms with Gasteiger partial charge in [-0.25, -0.2) is 0 Å². The van der Waals surface area contributed by atoms with E-state index in [9.17, 15) is 4.79 Å². The van der Waals surface area contributed by atoms with Crippen molar-refractivity contribution in [1.82, 2.24) is 4.57 Å². The van der Waals surface area contributed by atoms with Crippen molar-refractivity contribution in [2.75, 3.05) is 19.5 Å². The first-order valence-corrected chi connectivity index (χ1v) is 10.9. The number of hydrogen-bond acceptors (Lipinski definition) is 4. The number of aromatic nitrogens is 1. The molecule has 0 spiro atoms. The van der Waals surface area contributed by atoms with Crippen molar-refractivity contribution in [3.63, 3.8) is 0 Å². The summed E-state index contributed by atoms with van der Waals surface area (Å²) < 4.78 is 8.00. The number of nitrogens with zero attached hydrogens (tertiary/aromatic N) is 2. The Labute approximate surface area is 175 Å². The van der Waals surface area contributed by atoms with Gasteiger partial charge in [-0.15, -0.1) is 11.8 Å². The Morgan fingerprint density at radius 2 is 2.04 bits per heavy atom. The van der Waals surface area contributed by atoms with Gasteiger partial charge in [0.25, 0.3) is 0 Å². The molecular weight excluding hydrogens is 423 g/mol. The van der Waals surface area contributed by atoms with Crippen molar-refractivity contribution in [2.45, 2.75) is 17.9 Å². The highest BCUT2D eigenvalue weighted by molar-refractivity contribution is 7.99. The smallest absolute Gasteiger partial charge is 0.249 e. The Balaban J connectivity index is 1.83. The maximum Gasteiger partial charge on any atom is 0.249 e. The molecule has 0 radical (unpaired) electrons. The number of fused-ring (bicyclic) bond motifs is 1. The van der Waals surface area contributed by atoms with E-state index in [0.717, 1.165) is 15.1 Å². The quantitative estimate of drug-likeness (QED) is 0.470. The Kier molecular flexibility index (Phi) is 7.38. The largest absolute Gasteiger partial charge is 0.383 e. The average Bonchev–Trinajstić information content (AvgIpc) is 2.97. The van der Waals surface area contributed by atoms with Gasteiger partial charge in [0.1, 0.15) is 0 Å². The van der Waals surface area contributed by atoms with Crippen molar-refractivity contribution in [2.24, 2.45) is 4.99 Å². The van der Waals surface area contributed by atoms with Crippen LogP contribution in [-0.2, 0) is 16.1 Å². The van der Waals surface area contributed by atoms with Gasteiger partial charge in [-0.3, -0.25) is 4.79 Å². The predicted molar refractivity (Wildman–Crippen MR) is 114 cm³/mol. The number of amides is 1. The topological polar surface area (TPSA) is 43.6 Å². The molecule has 3 rings (SSSR count). The lowest BCUT2D eigenvalue weighted by atomic mass is 10.3. The monoisotopic (exact) mass is 440 g/mol. The summed E-state index contributed by atoms with van der Waals surface area (Å²) in [6.45, 7) is 1.05. The van der Waals surface area contributed by atoms with E-state index in [1.165, 1.54) is 11.3 Å². The van der Waals surface area contributed by atoms with E-state index in [1.807, 2.05) is 41.0 Å². The number of thioether (sulfide) groups is 1. The fourth-order valence-corrected chi connectivity index (χ4v) is 5.26. The molecule has 1 heterocycles. The van der Waals surface area contributed by atoms with E-state index in [0.29, 0.717) is 40.2 Å². The summed E-state index contributed by atoms with van der Waals surface area (Å²) in [6.07, 6.45) is 0.368. The third kappa shape index (κ3) is 5.36. The molecule has 142 valence electrons. The SMILES string of the molecule is COCCn1c(=NC(=O)CCSc2ccccc2)sc2cc(Cl)cc(Cl)c21. The van der Waals surface area contributed by atoms with Gasteiger partial charge in [0.05, 0.1) is 21.8 Å². The Morgan fingerprint density at radius 3 is 2.78 bits per heavy atom. The van der Waals surface area contributed by atoms with Crippen LogP contribution in [0.5, 0.6) is 0 Å². The van der Waals surface area contributed by atoms with Gasteiger partial charge < -0.3 is 9.30 Å².